The average Bonchev–Trinajstić information content (AvgIpc) is 2.29. The lowest BCUT2D eigenvalue weighted by atomic mass is 9.79. The fraction of sp³-hybridized carbons (Fsp3) is 0.667. The highest BCUT2D eigenvalue weighted by molar-refractivity contribution is 5.38. The van der Waals surface area contributed by atoms with Crippen LogP contribution in [0, 0.1) is 0 Å². The van der Waals surface area contributed by atoms with Gasteiger partial charge in [0.1, 0.15) is 0 Å². The zero-order valence-corrected chi connectivity index (χ0v) is 8.55. The van der Waals surface area contributed by atoms with Crippen LogP contribution in [-0.2, 0) is 0 Å². The van der Waals surface area contributed by atoms with Gasteiger partial charge in [-0.15, -0.1) is 0 Å². The van der Waals surface area contributed by atoms with E-state index in [1.54, 1.807) is 11.1 Å². The Morgan fingerprint density at radius 3 is 3.07 bits per heavy atom. The molecule has 76 valence electrons. The van der Waals surface area contributed by atoms with Crippen LogP contribution in [0.25, 0.3) is 0 Å². The molecule has 0 saturated carbocycles. The van der Waals surface area contributed by atoms with Crippen LogP contribution in [-0.4, -0.2) is 25.2 Å². The van der Waals surface area contributed by atoms with Crippen LogP contribution in [0.2, 0.25) is 0 Å². The molecule has 14 heavy (non-hydrogen) atoms. The van der Waals surface area contributed by atoms with Crippen molar-refractivity contribution >= 4 is 0 Å². The van der Waals surface area contributed by atoms with Gasteiger partial charge in [0.2, 0.25) is 0 Å². The van der Waals surface area contributed by atoms with Crippen molar-refractivity contribution in [3.63, 3.8) is 0 Å². The summed E-state index contributed by atoms with van der Waals surface area (Å²) in [5.74, 6) is 0. The van der Waals surface area contributed by atoms with Crippen LogP contribution in [0.15, 0.2) is 23.3 Å². The molecule has 0 spiro atoms. The van der Waals surface area contributed by atoms with E-state index in [9.17, 15) is 0 Å². The van der Waals surface area contributed by atoms with Crippen LogP contribution in [0.1, 0.15) is 25.7 Å². The lowest BCUT2D eigenvalue weighted by Crippen LogP contribution is -2.45. The first-order chi connectivity index (χ1) is 6.95. The van der Waals surface area contributed by atoms with Gasteiger partial charge in [-0.25, -0.2) is 0 Å². The second kappa shape index (κ2) is 3.52. The first kappa shape index (κ1) is 8.69. The Balaban J connectivity index is 1.98. The van der Waals surface area contributed by atoms with Crippen molar-refractivity contribution in [2.75, 3.05) is 13.1 Å². The Morgan fingerprint density at radius 1 is 1.14 bits per heavy atom. The highest BCUT2D eigenvalue weighted by Crippen LogP contribution is 2.32. The maximum atomic E-state index is 3.63. The van der Waals surface area contributed by atoms with Gasteiger partial charge in [-0.3, -0.25) is 0 Å². The van der Waals surface area contributed by atoms with E-state index < -0.39 is 0 Å². The smallest absolute Gasteiger partial charge is 0.0323 e. The summed E-state index contributed by atoms with van der Waals surface area (Å²) in [5, 5.41) is 7.22. The van der Waals surface area contributed by atoms with Crippen molar-refractivity contribution in [1.82, 2.24) is 10.6 Å². The molecule has 0 amide bonds. The summed E-state index contributed by atoms with van der Waals surface area (Å²) in [4.78, 5) is 0. The highest BCUT2D eigenvalue weighted by Gasteiger charge is 2.30. The Labute approximate surface area is 85.5 Å². The van der Waals surface area contributed by atoms with Crippen LogP contribution >= 0.6 is 0 Å². The topological polar surface area (TPSA) is 24.1 Å². The molecular formula is C12H18N2. The summed E-state index contributed by atoms with van der Waals surface area (Å²) < 4.78 is 0. The van der Waals surface area contributed by atoms with Crippen molar-refractivity contribution in [2.45, 2.75) is 37.8 Å². The van der Waals surface area contributed by atoms with Crippen LogP contribution < -0.4 is 10.6 Å². The summed E-state index contributed by atoms with van der Waals surface area (Å²) in [6.45, 7) is 2.27. The Bertz CT molecular complexity index is 291. The molecule has 0 aromatic carbocycles. The molecule has 1 saturated heterocycles. The first-order valence-corrected chi connectivity index (χ1v) is 5.81. The van der Waals surface area contributed by atoms with Gasteiger partial charge >= 0.3 is 0 Å². The largest absolute Gasteiger partial charge is 0.310 e. The average molecular weight is 190 g/mol. The minimum absolute atomic E-state index is 0.658. The second-order valence-electron chi connectivity index (χ2n) is 4.53. The van der Waals surface area contributed by atoms with Crippen LogP contribution in [0.3, 0.4) is 0 Å². The summed E-state index contributed by atoms with van der Waals surface area (Å²) in [6.07, 6.45) is 9.88. The van der Waals surface area contributed by atoms with E-state index >= 15 is 0 Å². The first-order valence-electron chi connectivity index (χ1n) is 5.81. The molecule has 0 radical (unpaired) electrons. The summed E-state index contributed by atoms with van der Waals surface area (Å²) >= 11 is 0. The summed E-state index contributed by atoms with van der Waals surface area (Å²) in [7, 11) is 0. The van der Waals surface area contributed by atoms with E-state index in [1.165, 1.54) is 32.2 Å². The quantitative estimate of drug-likeness (QED) is 0.602. The van der Waals surface area contributed by atoms with Gasteiger partial charge in [0, 0.05) is 18.6 Å². The third kappa shape index (κ3) is 1.33. The van der Waals surface area contributed by atoms with Gasteiger partial charge in [-0.2, -0.15) is 0 Å². The van der Waals surface area contributed by atoms with E-state index in [-0.39, 0.29) is 0 Å². The highest BCUT2D eigenvalue weighted by atomic mass is 15.0. The van der Waals surface area contributed by atoms with Crippen LogP contribution in [0.5, 0.6) is 0 Å². The Morgan fingerprint density at radius 2 is 2.07 bits per heavy atom. The van der Waals surface area contributed by atoms with Gasteiger partial charge < -0.3 is 10.6 Å². The predicted octanol–water partition coefficient (Wildman–Crippen LogP) is 1.36. The van der Waals surface area contributed by atoms with E-state index in [1.807, 2.05) is 0 Å². The molecular weight excluding hydrogens is 172 g/mol. The molecule has 2 unspecified atom stereocenters. The summed E-state index contributed by atoms with van der Waals surface area (Å²) in [5.41, 5.74) is 3.29. The predicted molar refractivity (Wildman–Crippen MR) is 58.2 cm³/mol. The van der Waals surface area contributed by atoms with Gasteiger partial charge in [0.05, 0.1) is 0 Å². The lowest BCUT2D eigenvalue weighted by Gasteiger charge is -2.38. The monoisotopic (exact) mass is 190 g/mol. The molecule has 2 heterocycles. The van der Waals surface area contributed by atoms with E-state index in [4.69, 9.17) is 0 Å². The van der Waals surface area contributed by atoms with Gasteiger partial charge in [0.25, 0.3) is 0 Å². The zero-order valence-electron chi connectivity index (χ0n) is 8.55. The van der Waals surface area contributed by atoms with Crippen molar-refractivity contribution in [3.05, 3.63) is 23.3 Å². The summed E-state index contributed by atoms with van der Waals surface area (Å²) in [6, 6.07) is 1.35. The molecule has 2 heteroatoms. The van der Waals surface area contributed by atoms with E-state index in [0.29, 0.717) is 12.1 Å². The number of piperidine rings is 1. The number of nitrogens with one attached hydrogen (secondary N) is 2. The number of fused-ring (bicyclic) bond motifs is 2. The Kier molecular flexibility index (Phi) is 2.18. The number of rotatable bonds is 0. The van der Waals surface area contributed by atoms with Crippen LogP contribution in [0.4, 0.5) is 0 Å². The minimum Gasteiger partial charge on any atom is -0.310 e. The molecule has 2 aliphatic heterocycles. The SMILES string of the molecule is C1=CC2=C3CCCNC3CCC2NC1. The molecule has 3 aliphatic rings. The molecule has 0 aromatic heterocycles. The number of hydrogen-bond acceptors (Lipinski definition) is 2. The fourth-order valence-corrected chi connectivity index (χ4v) is 3.02. The molecule has 1 aliphatic carbocycles. The third-order valence-corrected chi connectivity index (χ3v) is 3.70. The lowest BCUT2D eigenvalue weighted by molar-refractivity contribution is 0.393. The van der Waals surface area contributed by atoms with Gasteiger partial charge in [0.15, 0.2) is 0 Å². The zero-order chi connectivity index (χ0) is 9.38. The van der Waals surface area contributed by atoms with Crippen molar-refractivity contribution in [1.29, 1.82) is 0 Å². The standard InChI is InChI=1S/C12H18N2/c1-3-9-10-4-2-8-14-12(10)6-5-11(9)13-7-1/h1,3,11-14H,2,4-8H2. The Hall–Kier alpha value is -0.600. The van der Waals surface area contributed by atoms with Crippen molar-refractivity contribution in [2.24, 2.45) is 0 Å². The number of hydrogen-bond donors (Lipinski definition) is 2. The third-order valence-electron chi connectivity index (χ3n) is 3.70. The molecule has 3 rings (SSSR count). The second-order valence-corrected chi connectivity index (χ2v) is 4.53. The normalized spacial score (nSPS) is 36.6. The minimum atomic E-state index is 0.658. The van der Waals surface area contributed by atoms with Gasteiger partial charge in [-0.1, -0.05) is 12.2 Å². The molecule has 2 atom stereocenters. The molecule has 0 aromatic rings. The van der Waals surface area contributed by atoms with Gasteiger partial charge in [-0.05, 0) is 43.4 Å². The maximum absolute atomic E-state index is 3.63. The molecule has 2 N–H and O–H groups in total. The molecule has 1 fully saturated rings. The van der Waals surface area contributed by atoms with E-state index in [0.717, 1.165) is 6.54 Å². The van der Waals surface area contributed by atoms with Crippen molar-refractivity contribution in [3.8, 4) is 0 Å². The molecule has 0 bridgehead atoms. The van der Waals surface area contributed by atoms with E-state index in [2.05, 4.69) is 22.8 Å². The maximum Gasteiger partial charge on any atom is 0.0323 e. The molecule has 2 nitrogen and oxygen atoms in total. The van der Waals surface area contributed by atoms with Crippen molar-refractivity contribution < 1.29 is 0 Å². The fourth-order valence-electron chi connectivity index (χ4n) is 3.02.